The molecule has 0 unspecified atom stereocenters. The fourth-order valence-corrected chi connectivity index (χ4v) is 5.19. The largest absolute Gasteiger partial charge is 0.490 e. The molecule has 0 radical (unpaired) electrons. The lowest BCUT2D eigenvalue weighted by atomic mass is 9.79. The minimum absolute atomic E-state index is 0.568. The molecule has 2 fully saturated rings. The van der Waals surface area contributed by atoms with Crippen LogP contribution < -0.4 is 4.74 Å². The number of benzene rings is 1. The second-order valence-corrected chi connectivity index (χ2v) is 9.80. The molecule has 32 heavy (non-hydrogen) atoms. The molecule has 1 aromatic carbocycles. The fourth-order valence-electron chi connectivity index (χ4n) is 5.19. The van der Waals surface area contributed by atoms with Gasteiger partial charge in [-0.25, -0.2) is 0 Å². The summed E-state index contributed by atoms with van der Waals surface area (Å²) in [4.78, 5) is 0. The first-order valence-corrected chi connectivity index (χ1v) is 13.4. The van der Waals surface area contributed by atoms with E-state index in [1.807, 2.05) is 0 Å². The van der Waals surface area contributed by atoms with E-state index in [4.69, 9.17) is 14.2 Å². The van der Waals surface area contributed by atoms with Gasteiger partial charge in [-0.3, -0.25) is 0 Å². The van der Waals surface area contributed by atoms with Gasteiger partial charge in [0, 0.05) is 12.0 Å². The highest BCUT2D eigenvalue weighted by atomic mass is 16.7. The summed E-state index contributed by atoms with van der Waals surface area (Å²) in [6.45, 7) is 6.72. The standard InChI is InChI=1S/C29H46O3/c1-3-5-7-11-25-13-15-26(16-14-25)12-9-22-30-28-19-17-27(18-20-28)29(21-8-6-4-2)31-23-10-24-32-29/h9,12,17-20,25-26H,3-8,10-11,13-16,21-24H2,1-2H3/t25-,26-. The predicted molar refractivity (Wildman–Crippen MR) is 133 cm³/mol. The van der Waals surface area contributed by atoms with Crippen LogP contribution in [-0.2, 0) is 15.3 Å². The van der Waals surface area contributed by atoms with Crippen molar-refractivity contribution in [1.82, 2.24) is 0 Å². The van der Waals surface area contributed by atoms with E-state index in [0.717, 1.165) is 55.6 Å². The molecule has 3 nitrogen and oxygen atoms in total. The molecule has 0 bridgehead atoms. The van der Waals surface area contributed by atoms with Crippen molar-refractivity contribution in [3.8, 4) is 5.75 Å². The molecule has 3 heteroatoms. The predicted octanol–water partition coefficient (Wildman–Crippen LogP) is 8.18. The topological polar surface area (TPSA) is 27.7 Å². The van der Waals surface area contributed by atoms with Gasteiger partial charge < -0.3 is 14.2 Å². The molecular weight excluding hydrogens is 396 g/mol. The Hall–Kier alpha value is -1.32. The van der Waals surface area contributed by atoms with E-state index in [1.165, 1.54) is 64.2 Å². The molecule has 1 heterocycles. The summed E-state index contributed by atoms with van der Waals surface area (Å²) in [5.41, 5.74) is 1.12. The molecule has 3 rings (SSSR count). The third kappa shape index (κ3) is 7.92. The number of unbranched alkanes of at least 4 members (excludes halogenated alkanes) is 4. The molecule has 0 spiro atoms. The van der Waals surface area contributed by atoms with Crippen molar-refractivity contribution in [3.63, 3.8) is 0 Å². The van der Waals surface area contributed by atoms with E-state index in [1.54, 1.807) is 0 Å². The van der Waals surface area contributed by atoms with Crippen LogP contribution in [0.25, 0.3) is 0 Å². The first-order chi connectivity index (χ1) is 15.8. The van der Waals surface area contributed by atoms with Gasteiger partial charge in [0.15, 0.2) is 5.79 Å². The lowest BCUT2D eigenvalue weighted by molar-refractivity contribution is -0.280. The lowest BCUT2D eigenvalue weighted by Gasteiger charge is -2.37. The fraction of sp³-hybridized carbons (Fsp3) is 0.724. The van der Waals surface area contributed by atoms with Crippen molar-refractivity contribution < 1.29 is 14.2 Å². The van der Waals surface area contributed by atoms with Gasteiger partial charge in [0.1, 0.15) is 12.4 Å². The SMILES string of the molecule is CCCCCC1(c2ccc(OCC=C[C@H]3CC[C@H](CCCCC)CC3)cc2)OCCCO1. The Bertz CT molecular complexity index is 637. The van der Waals surface area contributed by atoms with Crippen molar-refractivity contribution in [2.75, 3.05) is 19.8 Å². The van der Waals surface area contributed by atoms with E-state index in [-0.39, 0.29) is 0 Å². The smallest absolute Gasteiger partial charge is 0.194 e. The summed E-state index contributed by atoms with van der Waals surface area (Å²) in [6, 6.07) is 8.37. The highest BCUT2D eigenvalue weighted by Gasteiger charge is 2.36. The third-order valence-electron chi connectivity index (χ3n) is 7.22. The van der Waals surface area contributed by atoms with Crippen molar-refractivity contribution in [1.29, 1.82) is 0 Å². The molecular formula is C29H46O3. The molecule has 1 aromatic rings. The quantitative estimate of drug-likeness (QED) is 0.228. The normalized spacial score (nSPS) is 23.4. The van der Waals surface area contributed by atoms with Gasteiger partial charge in [-0.2, -0.15) is 0 Å². The molecule has 1 aliphatic carbocycles. The van der Waals surface area contributed by atoms with Crippen LogP contribution in [0.1, 0.15) is 103 Å². The van der Waals surface area contributed by atoms with E-state index >= 15 is 0 Å². The van der Waals surface area contributed by atoms with E-state index in [9.17, 15) is 0 Å². The van der Waals surface area contributed by atoms with Crippen LogP contribution >= 0.6 is 0 Å². The van der Waals surface area contributed by atoms with Gasteiger partial charge in [-0.05, 0) is 74.6 Å². The Morgan fingerprint density at radius 1 is 0.906 bits per heavy atom. The number of rotatable bonds is 13. The summed E-state index contributed by atoms with van der Waals surface area (Å²) in [7, 11) is 0. The van der Waals surface area contributed by atoms with Crippen molar-refractivity contribution in [3.05, 3.63) is 42.0 Å². The van der Waals surface area contributed by atoms with Gasteiger partial charge in [0.25, 0.3) is 0 Å². The van der Waals surface area contributed by atoms with Gasteiger partial charge >= 0.3 is 0 Å². The molecule has 1 saturated carbocycles. The number of hydrogen-bond donors (Lipinski definition) is 0. The average Bonchev–Trinajstić information content (AvgIpc) is 2.84. The van der Waals surface area contributed by atoms with Crippen LogP contribution in [0, 0.1) is 11.8 Å². The van der Waals surface area contributed by atoms with Gasteiger partial charge in [-0.1, -0.05) is 64.5 Å². The van der Waals surface area contributed by atoms with Crippen LogP contribution in [0.15, 0.2) is 36.4 Å². The van der Waals surface area contributed by atoms with Crippen molar-refractivity contribution in [2.45, 2.75) is 103 Å². The second kappa shape index (κ2) is 14.1. The zero-order valence-corrected chi connectivity index (χ0v) is 20.7. The van der Waals surface area contributed by atoms with Crippen molar-refractivity contribution in [2.24, 2.45) is 11.8 Å². The van der Waals surface area contributed by atoms with Crippen molar-refractivity contribution >= 4 is 0 Å². The zero-order chi connectivity index (χ0) is 22.5. The molecule has 1 saturated heterocycles. The van der Waals surface area contributed by atoms with E-state index in [0.29, 0.717) is 6.61 Å². The third-order valence-corrected chi connectivity index (χ3v) is 7.22. The molecule has 1 aliphatic heterocycles. The van der Waals surface area contributed by atoms with Crippen LogP contribution in [0.3, 0.4) is 0 Å². The number of allylic oxidation sites excluding steroid dienone is 1. The molecule has 0 aromatic heterocycles. The maximum Gasteiger partial charge on any atom is 0.194 e. The van der Waals surface area contributed by atoms with Crippen LogP contribution in [-0.4, -0.2) is 19.8 Å². The first kappa shape index (κ1) is 25.3. The monoisotopic (exact) mass is 442 g/mol. The Morgan fingerprint density at radius 2 is 1.59 bits per heavy atom. The van der Waals surface area contributed by atoms with Crippen LogP contribution in [0.2, 0.25) is 0 Å². The number of ether oxygens (including phenoxy) is 3. The average molecular weight is 443 g/mol. The minimum Gasteiger partial charge on any atom is -0.490 e. The molecule has 2 aliphatic rings. The maximum atomic E-state index is 6.16. The summed E-state index contributed by atoms with van der Waals surface area (Å²) >= 11 is 0. The Morgan fingerprint density at radius 3 is 2.28 bits per heavy atom. The first-order valence-electron chi connectivity index (χ1n) is 13.4. The summed E-state index contributed by atoms with van der Waals surface area (Å²) in [6.07, 6.45) is 21.2. The van der Waals surface area contributed by atoms with Gasteiger partial charge in [0.2, 0.25) is 0 Å². The Balaban J connectivity index is 1.41. The zero-order valence-electron chi connectivity index (χ0n) is 20.7. The summed E-state index contributed by atoms with van der Waals surface area (Å²) < 4.78 is 18.3. The number of hydrogen-bond acceptors (Lipinski definition) is 3. The van der Waals surface area contributed by atoms with E-state index in [2.05, 4.69) is 50.3 Å². The van der Waals surface area contributed by atoms with Gasteiger partial charge in [-0.15, -0.1) is 0 Å². The molecule has 0 amide bonds. The molecule has 0 N–H and O–H groups in total. The molecule has 0 atom stereocenters. The Kier molecular flexibility index (Phi) is 11.1. The van der Waals surface area contributed by atoms with Gasteiger partial charge in [0.05, 0.1) is 13.2 Å². The lowest BCUT2D eigenvalue weighted by Crippen LogP contribution is -2.38. The summed E-state index contributed by atoms with van der Waals surface area (Å²) in [5, 5.41) is 0. The van der Waals surface area contributed by atoms with E-state index < -0.39 is 5.79 Å². The summed E-state index contributed by atoms with van der Waals surface area (Å²) in [5.74, 6) is 2.06. The minimum atomic E-state index is -0.568. The highest BCUT2D eigenvalue weighted by molar-refractivity contribution is 5.30. The Labute approximate surface area is 196 Å². The van der Waals surface area contributed by atoms with Crippen LogP contribution in [0.5, 0.6) is 5.75 Å². The van der Waals surface area contributed by atoms with Crippen LogP contribution in [0.4, 0.5) is 0 Å². The maximum absolute atomic E-state index is 6.16. The molecule has 180 valence electrons. The second-order valence-electron chi connectivity index (χ2n) is 9.80. The highest BCUT2D eigenvalue weighted by Crippen LogP contribution is 2.37.